The van der Waals surface area contributed by atoms with E-state index < -0.39 is 0 Å². The van der Waals surface area contributed by atoms with E-state index in [0.717, 1.165) is 23.3 Å². The quantitative estimate of drug-likeness (QED) is 0.709. The molecule has 0 fully saturated rings. The Labute approximate surface area is 169 Å². The fourth-order valence-corrected chi connectivity index (χ4v) is 3.83. The predicted molar refractivity (Wildman–Crippen MR) is 109 cm³/mol. The first-order valence-electron chi connectivity index (χ1n) is 9.34. The Kier molecular flexibility index (Phi) is 5.09. The number of carbonyl (C=O) groups is 1. The number of halogens is 1. The Morgan fingerprint density at radius 2 is 1.96 bits per heavy atom. The van der Waals surface area contributed by atoms with Crippen molar-refractivity contribution in [1.82, 2.24) is 15.1 Å². The van der Waals surface area contributed by atoms with E-state index in [4.69, 9.17) is 16.3 Å². The van der Waals surface area contributed by atoms with Crippen molar-refractivity contribution in [3.63, 3.8) is 0 Å². The number of para-hydroxylation sites is 1. The van der Waals surface area contributed by atoms with Gasteiger partial charge in [-0.1, -0.05) is 59.6 Å². The van der Waals surface area contributed by atoms with Crippen molar-refractivity contribution in [2.45, 2.75) is 32.9 Å². The molecule has 6 heteroatoms. The van der Waals surface area contributed by atoms with Crippen LogP contribution >= 0.6 is 11.6 Å². The number of amides is 1. The zero-order chi connectivity index (χ0) is 19.7. The van der Waals surface area contributed by atoms with Gasteiger partial charge in [0, 0.05) is 12.0 Å². The second-order valence-corrected chi connectivity index (χ2v) is 7.45. The van der Waals surface area contributed by atoms with Crippen molar-refractivity contribution in [3.8, 4) is 5.75 Å². The second kappa shape index (κ2) is 7.68. The van der Waals surface area contributed by atoms with E-state index in [1.165, 1.54) is 5.56 Å². The van der Waals surface area contributed by atoms with Crippen LogP contribution in [-0.2, 0) is 6.54 Å². The van der Waals surface area contributed by atoms with Crippen LogP contribution in [0.1, 0.15) is 45.2 Å². The molecule has 1 aliphatic heterocycles. The van der Waals surface area contributed by atoms with E-state index in [0.29, 0.717) is 29.6 Å². The first kappa shape index (κ1) is 18.6. The van der Waals surface area contributed by atoms with Gasteiger partial charge in [-0.2, -0.15) is 5.10 Å². The molecule has 1 atom stereocenters. The maximum atomic E-state index is 13.0. The summed E-state index contributed by atoms with van der Waals surface area (Å²) < 4.78 is 7.35. The second-order valence-electron chi connectivity index (χ2n) is 7.10. The third kappa shape index (κ3) is 3.62. The standard InChI is InChI=1S/C22H22ClN3O2/c1-14-7-9-16(10-8-14)13-26-21(23)20(15(2)25-26)22(27)24-18-11-12-28-19-6-4-3-5-17(18)19/h3-10,18H,11-13H2,1-2H3,(H,24,27)/t18-/m1/s1. The summed E-state index contributed by atoms with van der Waals surface area (Å²) in [6.07, 6.45) is 0.719. The van der Waals surface area contributed by atoms with Crippen molar-refractivity contribution in [2.75, 3.05) is 6.61 Å². The summed E-state index contributed by atoms with van der Waals surface area (Å²) in [6.45, 7) is 4.95. The predicted octanol–water partition coefficient (Wildman–Crippen LogP) is 4.46. The van der Waals surface area contributed by atoms with Crippen LogP contribution in [0.15, 0.2) is 48.5 Å². The van der Waals surface area contributed by atoms with Crippen LogP contribution in [0.4, 0.5) is 0 Å². The number of nitrogens with one attached hydrogen (secondary N) is 1. The summed E-state index contributed by atoms with van der Waals surface area (Å²) >= 11 is 6.54. The minimum Gasteiger partial charge on any atom is -0.493 e. The molecule has 2 heterocycles. The molecule has 0 spiro atoms. The number of hydrogen-bond acceptors (Lipinski definition) is 3. The van der Waals surface area contributed by atoms with E-state index in [9.17, 15) is 4.79 Å². The van der Waals surface area contributed by atoms with E-state index in [2.05, 4.69) is 22.5 Å². The van der Waals surface area contributed by atoms with Crippen molar-refractivity contribution >= 4 is 17.5 Å². The number of aromatic nitrogens is 2. The minimum absolute atomic E-state index is 0.103. The highest BCUT2D eigenvalue weighted by Crippen LogP contribution is 2.32. The van der Waals surface area contributed by atoms with Crippen LogP contribution in [-0.4, -0.2) is 22.3 Å². The summed E-state index contributed by atoms with van der Waals surface area (Å²) in [4.78, 5) is 13.0. The molecule has 4 rings (SSSR count). The largest absolute Gasteiger partial charge is 0.493 e. The van der Waals surface area contributed by atoms with Crippen molar-refractivity contribution in [1.29, 1.82) is 0 Å². The molecule has 2 aromatic carbocycles. The number of rotatable bonds is 4. The lowest BCUT2D eigenvalue weighted by Gasteiger charge is -2.26. The number of ether oxygens (including phenoxy) is 1. The molecular formula is C22H22ClN3O2. The SMILES string of the molecule is Cc1ccc(Cn2nc(C)c(C(=O)N[C@@H]3CCOc4ccccc43)c2Cl)cc1. The highest BCUT2D eigenvalue weighted by molar-refractivity contribution is 6.33. The van der Waals surface area contributed by atoms with Crippen molar-refractivity contribution in [3.05, 3.63) is 81.6 Å². The summed E-state index contributed by atoms with van der Waals surface area (Å²) in [5.74, 6) is 0.608. The number of carbonyl (C=O) groups excluding carboxylic acids is 1. The van der Waals surface area contributed by atoms with E-state index >= 15 is 0 Å². The maximum absolute atomic E-state index is 13.0. The molecule has 0 radical (unpaired) electrons. The van der Waals surface area contributed by atoms with E-state index in [1.807, 2.05) is 50.2 Å². The number of hydrogen-bond donors (Lipinski definition) is 1. The number of benzene rings is 2. The number of nitrogens with zero attached hydrogens (tertiary/aromatic N) is 2. The summed E-state index contributed by atoms with van der Waals surface area (Å²) in [5.41, 5.74) is 4.32. The van der Waals surface area contributed by atoms with Crippen LogP contribution in [0, 0.1) is 13.8 Å². The normalized spacial score (nSPS) is 15.6. The van der Waals surface area contributed by atoms with Crippen LogP contribution in [0.5, 0.6) is 5.75 Å². The summed E-state index contributed by atoms with van der Waals surface area (Å²) in [7, 11) is 0. The third-order valence-electron chi connectivity index (χ3n) is 5.01. The van der Waals surface area contributed by atoms with Crippen LogP contribution in [0.25, 0.3) is 0 Å². The lowest BCUT2D eigenvalue weighted by molar-refractivity contribution is 0.0924. The Morgan fingerprint density at radius 1 is 1.21 bits per heavy atom. The highest BCUT2D eigenvalue weighted by Gasteiger charge is 2.26. The topological polar surface area (TPSA) is 56.2 Å². The van der Waals surface area contributed by atoms with Crippen molar-refractivity contribution in [2.24, 2.45) is 0 Å². The molecule has 0 unspecified atom stereocenters. The van der Waals surface area contributed by atoms with Crippen LogP contribution in [0.3, 0.4) is 0 Å². The van der Waals surface area contributed by atoms with Gasteiger partial charge in [0.05, 0.1) is 30.5 Å². The maximum Gasteiger partial charge on any atom is 0.256 e. The molecule has 0 saturated carbocycles. The van der Waals surface area contributed by atoms with Gasteiger partial charge < -0.3 is 10.1 Å². The molecule has 0 bridgehead atoms. The Hall–Kier alpha value is -2.79. The van der Waals surface area contributed by atoms with Crippen LogP contribution < -0.4 is 10.1 Å². The lowest BCUT2D eigenvalue weighted by Crippen LogP contribution is -2.32. The van der Waals surface area contributed by atoms with Crippen molar-refractivity contribution < 1.29 is 9.53 Å². The minimum atomic E-state index is -0.209. The lowest BCUT2D eigenvalue weighted by atomic mass is 10.0. The van der Waals surface area contributed by atoms with Gasteiger partial charge in [-0.3, -0.25) is 4.79 Å². The molecule has 28 heavy (non-hydrogen) atoms. The van der Waals surface area contributed by atoms with Gasteiger partial charge in [-0.15, -0.1) is 0 Å². The molecule has 0 aliphatic carbocycles. The van der Waals surface area contributed by atoms with Gasteiger partial charge in [0.2, 0.25) is 0 Å². The third-order valence-corrected chi connectivity index (χ3v) is 5.39. The first-order chi connectivity index (χ1) is 13.5. The van der Waals surface area contributed by atoms with Gasteiger partial charge in [0.25, 0.3) is 5.91 Å². The van der Waals surface area contributed by atoms with Gasteiger partial charge in [0.1, 0.15) is 10.9 Å². The summed E-state index contributed by atoms with van der Waals surface area (Å²) in [6, 6.07) is 15.9. The smallest absolute Gasteiger partial charge is 0.256 e. The average Bonchev–Trinajstić information content (AvgIpc) is 2.97. The summed E-state index contributed by atoms with van der Waals surface area (Å²) in [5, 5.41) is 7.94. The Bertz CT molecular complexity index is 1010. The molecule has 1 N–H and O–H groups in total. The molecular weight excluding hydrogens is 374 g/mol. The molecule has 1 amide bonds. The van der Waals surface area contributed by atoms with Gasteiger partial charge in [-0.05, 0) is 25.5 Å². The number of aryl methyl sites for hydroxylation is 2. The fourth-order valence-electron chi connectivity index (χ4n) is 3.50. The van der Waals surface area contributed by atoms with Crippen LogP contribution in [0.2, 0.25) is 5.15 Å². The molecule has 1 aromatic heterocycles. The highest BCUT2D eigenvalue weighted by atomic mass is 35.5. The number of fused-ring (bicyclic) bond motifs is 1. The van der Waals surface area contributed by atoms with Gasteiger partial charge in [0.15, 0.2) is 0 Å². The molecule has 3 aromatic rings. The zero-order valence-electron chi connectivity index (χ0n) is 15.9. The average molecular weight is 396 g/mol. The fraction of sp³-hybridized carbons (Fsp3) is 0.273. The first-order valence-corrected chi connectivity index (χ1v) is 9.72. The zero-order valence-corrected chi connectivity index (χ0v) is 16.7. The van der Waals surface area contributed by atoms with Gasteiger partial charge in [-0.25, -0.2) is 4.68 Å². The molecule has 0 saturated heterocycles. The van der Waals surface area contributed by atoms with E-state index in [-0.39, 0.29) is 11.9 Å². The van der Waals surface area contributed by atoms with E-state index in [1.54, 1.807) is 4.68 Å². The molecule has 144 valence electrons. The molecule has 1 aliphatic rings. The Balaban J connectivity index is 1.55. The Morgan fingerprint density at radius 3 is 2.75 bits per heavy atom. The molecule has 5 nitrogen and oxygen atoms in total. The van der Waals surface area contributed by atoms with Gasteiger partial charge >= 0.3 is 0 Å². The monoisotopic (exact) mass is 395 g/mol.